The lowest BCUT2D eigenvalue weighted by molar-refractivity contribution is -0.155. The highest BCUT2D eigenvalue weighted by atomic mass is 16.6. The van der Waals surface area contributed by atoms with Crippen molar-refractivity contribution in [3.05, 3.63) is 0 Å². The van der Waals surface area contributed by atoms with Gasteiger partial charge in [-0.05, 0) is 57.3 Å². The zero-order chi connectivity index (χ0) is 47.2. The Labute approximate surface area is 389 Å². The summed E-state index contributed by atoms with van der Waals surface area (Å²) < 4.78 is 28.2. The largest absolute Gasteiger partial charge is 0.465 e. The summed E-state index contributed by atoms with van der Waals surface area (Å²) in [6.07, 6.45) is 24.2. The average molecular weight is 908 g/mol. The number of carbonyl (C=O) groups is 6. The van der Waals surface area contributed by atoms with E-state index < -0.39 is 24.0 Å². The van der Waals surface area contributed by atoms with Gasteiger partial charge in [0.25, 0.3) is 0 Å². The van der Waals surface area contributed by atoms with Gasteiger partial charge in [-0.3, -0.25) is 28.9 Å². The molecule has 4 atom stereocenters. The third-order valence-electron chi connectivity index (χ3n) is 12.5. The number of Topliss-reactive ketones (excluding diaryl/α,β-unsaturated/α-hetero) is 1. The number of hydrogen-bond donors (Lipinski definition) is 0. The monoisotopic (exact) mass is 908 g/mol. The van der Waals surface area contributed by atoms with Crippen molar-refractivity contribution in [1.29, 1.82) is 0 Å². The Bertz CT molecular complexity index is 1230. The third kappa shape index (κ3) is 30.1. The Kier molecular flexibility index (Phi) is 35.9. The molecule has 1 heterocycles. The number of nitrogens with zero attached hydrogens (tertiary/aromatic N) is 1. The Morgan fingerprint density at radius 3 is 1.41 bits per heavy atom. The number of ether oxygens (including phenoxy) is 5. The van der Waals surface area contributed by atoms with Crippen LogP contribution in [0.5, 0.6) is 0 Å². The van der Waals surface area contributed by atoms with Crippen LogP contribution in [0.1, 0.15) is 234 Å². The van der Waals surface area contributed by atoms with Gasteiger partial charge in [0.2, 0.25) is 0 Å². The molecule has 1 aliphatic heterocycles. The Morgan fingerprint density at radius 1 is 0.484 bits per heavy atom. The van der Waals surface area contributed by atoms with E-state index in [4.69, 9.17) is 23.7 Å². The zero-order valence-electron chi connectivity index (χ0n) is 41.6. The number of hydrogen-bond acceptors (Lipinski definition) is 11. The quantitative estimate of drug-likeness (QED) is 0.0327. The maximum atomic E-state index is 13.5. The number of unbranched alkanes of at least 4 members (excludes halogenated alkanes) is 15. The molecule has 1 rings (SSSR count). The van der Waals surface area contributed by atoms with E-state index in [1.165, 1.54) is 32.1 Å². The SMILES string of the molecule is CCCCCCCCC(=O)OCC(COC(=O)CCCCCCCC)CC(=O)OCC1CCC(CCC(=O)CC(COC(=O)CCCCCCCC)CC(C)CC)N1C(=O)OCCC. The summed E-state index contributed by atoms with van der Waals surface area (Å²) in [5.41, 5.74) is 0. The van der Waals surface area contributed by atoms with Crippen LogP contribution in [0, 0.1) is 17.8 Å². The van der Waals surface area contributed by atoms with E-state index in [1.54, 1.807) is 4.90 Å². The van der Waals surface area contributed by atoms with Crippen LogP contribution in [0.25, 0.3) is 0 Å². The van der Waals surface area contributed by atoms with Crippen molar-refractivity contribution >= 4 is 35.8 Å². The van der Waals surface area contributed by atoms with Crippen molar-refractivity contribution in [3.8, 4) is 0 Å². The second-order valence-corrected chi connectivity index (χ2v) is 18.7. The third-order valence-corrected chi connectivity index (χ3v) is 12.5. The smallest absolute Gasteiger partial charge is 0.410 e. The number of carbonyl (C=O) groups excluding carboxylic acids is 6. The summed E-state index contributed by atoms with van der Waals surface area (Å²) in [7, 11) is 0. The van der Waals surface area contributed by atoms with Crippen LogP contribution in [-0.2, 0) is 47.7 Å². The lowest BCUT2D eigenvalue weighted by Gasteiger charge is -2.29. The molecule has 12 heteroatoms. The summed E-state index contributed by atoms with van der Waals surface area (Å²) in [6, 6.07) is -0.689. The molecule has 372 valence electrons. The molecule has 12 nitrogen and oxygen atoms in total. The van der Waals surface area contributed by atoms with Crippen molar-refractivity contribution in [2.45, 2.75) is 246 Å². The van der Waals surface area contributed by atoms with Crippen molar-refractivity contribution in [1.82, 2.24) is 4.90 Å². The van der Waals surface area contributed by atoms with Crippen LogP contribution in [0.2, 0.25) is 0 Å². The fourth-order valence-corrected chi connectivity index (χ4v) is 8.32. The van der Waals surface area contributed by atoms with E-state index in [0.29, 0.717) is 57.3 Å². The van der Waals surface area contributed by atoms with Gasteiger partial charge in [-0.25, -0.2) is 4.79 Å². The number of esters is 4. The number of likely N-dealkylation sites (tertiary alicyclic amines) is 1. The second kappa shape index (κ2) is 39.0. The Hall–Kier alpha value is -3.18. The highest BCUT2D eigenvalue weighted by molar-refractivity contribution is 5.79. The molecular weight excluding hydrogens is 815 g/mol. The molecule has 4 unspecified atom stereocenters. The Balaban J connectivity index is 2.84. The molecule has 1 saturated heterocycles. The van der Waals surface area contributed by atoms with Crippen LogP contribution in [-0.4, -0.2) is 85.8 Å². The standard InChI is InChI=1S/C52H93NO11/c1-7-12-15-18-21-24-27-48(55)61-38-43(35-42(6)11-5)36-47(54)33-32-45-30-31-46(53(45)52(59)60-34-10-4)41-64-51(58)37-44(39-62-49(56)28-25-22-19-16-13-8-2)40-63-50(57)29-26-23-20-17-14-9-3/h42-46H,7-41H2,1-6H3. The maximum absolute atomic E-state index is 13.5. The lowest BCUT2D eigenvalue weighted by atomic mass is 9.89. The van der Waals surface area contributed by atoms with Gasteiger partial charge in [0.1, 0.15) is 12.4 Å². The first-order valence-corrected chi connectivity index (χ1v) is 26.1. The van der Waals surface area contributed by atoms with Crippen molar-refractivity contribution in [2.24, 2.45) is 17.8 Å². The van der Waals surface area contributed by atoms with Crippen LogP contribution in [0.3, 0.4) is 0 Å². The fraction of sp³-hybridized carbons (Fsp3) is 0.885. The molecule has 0 saturated carbocycles. The molecule has 0 radical (unpaired) electrons. The number of rotatable bonds is 41. The predicted octanol–water partition coefficient (Wildman–Crippen LogP) is 12.6. The minimum atomic E-state index is -0.574. The van der Waals surface area contributed by atoms with Crippen molar-refractivity contribution in [2.75, 3.05) is 33.0 Å². The number of amides is 1. The highest BCUT2D eigenvalue weighted by Crippen LogP contribution is 2.30. The van der Waals surface area contributed by atoms with Gasteiger partial charge < -0.3 is 23.7 Å². The van der Waals surface area contributed by atoms with E-state index >= 15 is 0 Å². The molecule has 0 aliphatic carbocycles. The van der Waals surface area contributed by atoms with Gasteiger partial charge in [-0.2, -0.15) is 0 Å². The minimum Gasteiger partial charge on any atom is -0.465 e. The molecule has 0 aromatic heterocycles. The van der Waals surface area contributed by atoms with Crippen LogP contribution >= 0.6 is 0 Å². The van der Waals surface area contributed by atoms with E-state index in [2.05, 4.69) is 34.6 Å². The minimum absolute atomic E-state index is 0.0477. The molecule has 0 aromatic rings. The van der Waals surface area contributed by atoms with Gasteiger partial charge in [0.15, 0.2) is 0 Å². The van der Waals surface area contributed by atoms with Crippen LogP contribution in [0.4, 0.5) is 4.79 Å². The molecule has 1 fully saturated rings. The molecular formula is C52H93NO11. The summed E-state index contributed by atoms with van der Waals surface area (Å²) in [5, 5.41) is 0. The summed E-state index contributed by atoms with van der Waals surface area (Å²) in [5.74, 6) is -1.58. The molecule has 64 heavy (non-hydrogen) atoms. The van der Waals surface area contributed by atoms with Crippen molar-refractivity contribution in [3.63, 3.8) is 0 Å². The van der Waals surface area contributed by atoms with E-state index in [9.17, 15) is 28.8 Å². The average Bonchev–Trinajstić information content (AvgIpc) is 3.70. The first-order valence-electron chi connectivity index (χ1n) is 26.1. The molecule has 0 bridgehead atoms. The number of ketones is 1. The summed E-state index contributed by atoms with van der Waals surface area (Å²) in [6.45, 7) is 13.0. The topological polar surface area (TPSA) is 152 Å². The predicted molar refractivity (Wildman–Crippen MR) is 253 cm³/mol. The van der Waals surface area contributed by atoms with E-state index in [-0.39, 0.29) is 81.5 Å². The first kappa shape index (κ1) is 58.8. The molecule has 1 amide bonds. The van der Waals surface area contributed by atoms with E-state index in [0.717, 1.165) is 96.3 Å². The summed E-state index contributed by atoms with van der Waals surface area (Å²) >= 11 is 0. The first-order chi connectivity index (χ1) is 31.0. The molecule has 0 aromatic carbocycles. The molecule has 1 aliphatic rings. The van der Waals surface area contributed by atoms with Gasteiger partial charge >= 0.3 is 30.0 Å². The Morgan fingerprint density at radius 2 is 0.938 bits per heavy atom. The molecule has 0 spiro atoms. The van der Waals surface area contributed by atoms with Gasteiger partial charge in [-0.15, -0.1) is 0 Å². The van der Waals surface area contributed by atoms with Gasteiger partial charge in [0, 0.05) is 50.0 Å². The van der Waals surface area contributed by atoms with Crippen molar-refractivity contribution < 1.29 is 52.5 Å². The fourth-order valence-electron chi connectivity index (χ4n) is 8.32. The van der Waals surface area contributed by atoms with Gasteiger partial charge in [-0.1, -0.05) is 144 Å². The van der Waals surface area contributed by atoms with Gasteiger partial charge in [0.05, 0.1) is 38.9 Å². The lowest BCUT2D eigenvalue weighted by Crippen LogP contribution is -2.44. The highest BCUT2D eigenvalue weighted by Gasteiger charge is 2.39. The maximum Gasteiger partial charge on any atom is 0.410 e. The van der Waals surface area contributed by atoms with Crippen LogP contribution in [0.15, 0.2) is 0 Å². The molecule has 0 N–H and O–H groups in total. The van der Waals surface area contributed by atoms with Crippen LogP contribution < -0.4 is 0 Å². The zero-order valence-corrected chi connectivity index (χ0v) is 41.6. The second-order valence-electron chi connectivity index (χ2n) is 18.7. The summed E-state index contributed by atoms with van der Waals surface area (Å²) in [4.78, 5) is 79.6. The van der Waals surface area contributed by atoms with E-state index in [1.807, 2.05) is 6.92 Å². The normalized spacial score (nSPS) is 15.8.